The van der Waals surface area contributed by atoms with Crippen molar-refractivity contribution < 1.29 is 87.5 Å². The fourth-order valence-corrected chi connectivity index (χ4v) is 14.1. The lowest BCUT2D eigenvalue weighted by molar-refractivity contribution is -0.143. The summed E-state index contributed by atoms with van der Waals surface area (Å²) in [6.45, 7) is 3.98. The highest BCUT2D eigenvalue weighted by atomic mass is 35.5. The van der Waals surface area contributed by atoms with Crippen molar-refractivity contribution >= 4 is 189 Å². The van der Waals surface area contributed by atoms with E-state index in [9.17, 15) is 87.5 Å². The minimum Gasteiger partial charge on any atom is -0.481 e. The number of aromatic amines is 3. The summed E-state index contributed by atoms with van der Waals surface area (Å²) >= 11 is 6.43. The lowest BCUT2D eigenvalue weighted by Gasteiger charge is -2.25. The van der Waals surface area contributed by atoms with Gasteiger partial charge >= 0.3 is 30.0 Å². The fraction of sp³-hybridized carbons (Fsp3) is 0.297. The largest absolute Gasteiger partial charge is 0.481 e. The Morgan fingerprint density at radius 2 is 1.27 bits per heavy atom. The van der Waals surface area contributed by atoms with E-state index in [1.54, 1.807) is 54.3 Å². The number of nitrogens with one attached hydrogen (secondary N) is 12. The first-order valence-corrected chi connectivity index (χ1v) is 38.7. The quantitative estimate of drug-likeness (QED) is 0.00850. The van der Waals surface area contributed by atoms with Gasteiger partial charge in [-0.2, -0.15) is 4.98 Å². The molecule has 1 unspecified atom stereocenters. The van der Waals surface area contributed by atoms with Crippen molar-refractivity contribution in [3.05, 3.63) is 148 Å². The van der Waals surface area contributed by atoms with Crippen molar-refractivity contribution in [3.8, 4) is 5.75 Å². The van der Waals surface area contributed by atoms with Crippen LogP contribution in [0.1, 0.15) is 107 Å². The van der Waals surface area contributed by atoms with E-state index in [0.29, 0.717) is 70.2 Å². The van der Waals surface area contributed by atoms with Crippen LogP contribution in [-0.2, 0) is 49.7 Å². The molecule has 0 aliphatic carbocycles. The number of nitrogens with two attached hydrogens (primary N) is 3. The molecule has 0 spiro atoms. The Kier molecular flexibility index (Phi) is 30.0. The zero-order chi connectivity index (χ0) is 84.0. The number of carbonyl (C=O) groups excluding carboxylic acids is 9. The van der Waals surface area contributed by atoms with Crippen LogP contribution in [0.3, 0.4) is 0 Å². The van der Waals surface area contributed by atoms with Gasteiger partial charge in [0, 0.05) is 112 Å². The average Bonchev–Trinajstić information content (AvgIpc) is 1.58. The number of halogens is 1. The van der Waals surface area contributed by atoms with Crippen LogP contribution in [0.4, 0.5) is 33.5 Å². The summed E-state index contributed by atoms with van der Waals surface area (Å²) in [7, 11) is 3.92. The molecule has 0 saturated carbocycles. The van der Waals surface area contributed by atoms with E-state index in [1.165, 1.54) is 48.3 Å². The van der Waals surface area contributed by atoms with Crippen LogP contribution in [-0.4, -0.2) is 201 Å². The number of ether oxygens (including phenoxy) is 1. The molecule has 1 aliphatic heterocycles. The van der Waals surface area contributed by atoms with Gasteiger partial charge in [0.2, 0.25) is 35.5 Å². The normalized spacial score (nSPS) is 13.4. The van der Waals surface area contributed by atoms with Crippen molar-refractivity contribution in [2.24, 2.45) is 16.5 Å². The van der Waals surface area contributed by atoms with Crippen LogP contribution in [0.5, 0.6) is 5.75 Å². The van der Waals surface area contributed by atoms with Crippen LogP contribution >= 0.6 is 33.2 Å². The monoisotopic (exact) mass is 1650 g/mol. The minimum absolute atomic E-state index is 0.0142. The molecule has 42 heteroatoms. The number of hydrogen-bond donors (Lipinski definition) is 19. The number of alkyl halides is 1. The number of aromatic nitrogens is 6. The predicted molar refractivity (Wildman–Crippen MR) is 432 cm³/mol. The SMILES string of the molecule is CCC(=O)Nc1ccc2[nH]c(C(=O)Nc3ccc4[nH]c(C(=O)N5CC(CCl)c6c5cc(OC(=O)NC)c5ccccc65)cc4c3)cc2c1.CCSSC[C@H](NC(=O)[C@H](CC(=O)O)NC(=O)[C@H](CCCN=C(N)N)NC(=O)[C@H](CC(=O)O)NC(=O)CC[C@H](NC(=O)c1ccc(NCc2cnc3nc(N)[nH]c(=O)c3n2)cc1)C(=O)O)C(=O)O. The number of H-pyrrole nitrogens is 3. The average molecular weight is 1650 g/mol. The molecule has 1 aliphatic rings. The van der Waals surface area contributed by atoms with Crippen molar-refractivity contribution in [1.29, 1.82) is 0 Å². The molecule has 6 atom stereocenters. The summed E-state index contributed by atoms with van der Waals surface area (Å²) in [5.74, 6) is -11.6. The molecular weight excluding hydrogens is 1570 g/mol. The highest BCUT2D eigenvalue weighted by molar-refractivity contribution is 8.76. The second-order valence-electron chi connectivity index (χ2n) is 25.9. The number of hydrogen-bond acceptors (Lipinski definition) is 23. The van der Waals surface area contributed by atoms with Crippen LogP contribution in [0, 0.1) is 0 Å². The topological polar surface area (TPSA) is 617 Å². The van der Waals surface area contributed by atoms with Gasteiger partial charge in [-0.15, -0.1) is 11.6 Å². The Bertz CT molecular complexity index is 5350. The number of anilines is 5. The van der Waals surface area contributed by atoms with Crippen LogP contribution in [0.2, 0.25) is 0 Å². The number of nitrogens with zero attached hydrogens (tertiary/aromatic N) is 5. The molecule has 9 amide bonds. The number of carboxylic acid groups (broad SMARTS) is 4. The highest BCUT2D eigenvalue weighted by Crippen LogP contribution is 2.46. The van der Waals surface area contributed by atoms with Crippen LogP contribution in [0.25, 0.3) is 43.7 Å². The molecule has 5 aromatic carbocycles. The maximum atomic E-state index is 14.0. The standard InChI is InChI=1S/C38H50N14O14S2.C36H31ClN6O5/c1-2-67-68-16-24(36(65)66)50-33(61)23(13-27(56)57)49-31(59)20(4-3-11-42-37(39)40)47-32(60)22(12-26(54)55)46-25(53)10-9-21(35(63)64)48-30(58)17-5-7-18(8-6-17)43-14-19-15-44-29-28(45-19)34(62)52-38(41)51-29;1-3-32(44)39-22-8-10-26-19(12-22)14-28(41-26)34(45)40-23-9-11-27-20(13-23)15-29(42-27)35(46)43-18-21(17-37)33-25-7-5-4-6-24(25)31(16-30(33)43)48-36(47)38-2/h5-8,15,20-24,43H,2-4,9-14,16H2,1H3,(H,46,53)(H,47,60)(H,48,58)(H,49,59)(H,50,61)(H,54,55)(H,56,57)(H,63,64)(H,65,66)(H4,39,40,42)(H3,41,44,51,52,62);4-16,21,41-42H,3,17-18H2,1-2H3,(H,38,47)(H,39,44)(H,40,45)/t20-,21-,22-,23-,24-;/m0./s1. The zero-order valence-electron chi connectivity index (χ0n) is 62.1. The Morgan fingerprint density at radius 3 is 1.89 bits per heavy atom. The molecule has 0 saturated heterocycles. The van der Waals surface area contributed by atoms with E-state index in [2.05, 4.69) is 82.7 Å². The first kappa shape index (κ1) is 86.4. The molecule has 0 radical (unpaired) electrons. The molecule has 39 nitrogen and oxygen atoms in total. The van der Waals surface area contributed by atoms with Crippen LogP contribution < -0.4 is 80.2 Å². The van der Waals surface area contributed by atoms with Gasteiger partial charge in [0.25, 0.3) is 23.3 Å². The third kappa shape index (κ3) is 23.3. The van der Waals surface area contributed by atoms with Crippen molar-refractivity contribution in [2.45, 2.75) is 101 Å². The Morgan fingerprint density at radius 1 is 0.664 bits per heavy atom. The van der Waals surface area contributed by atoms with E-state index < -0.39 is 121 Å². The second kappa shape index (κ2) is 40.2. The number of nitrogen functional groups attached to an aromatic ring is 1. The molecule has 610 valence electrons. The summed E-state index contributed by atoms with van der Waals surface area (Å²) in [5.41, 5.74) is 21.6. The molecule has 9 aromatic rings. The first-order chi connectivity index (χ1) is 55.4. The molecule has 4 aromatic heterocycles. The predicted octanol–water partition coefficient (Wildman–Crippen LogP) is 4.40. The van der Waals surface area contributed by atoms with Crippen LogP contribution in [0.15, 0.2) is 119 Å². The smallest absolute Gasteiger partial charge is 0.412 e. The van der Waals surface area contributed by atoms with E-state index in [4.69, 9.17) is 33.5 Å². The third-order valence-electron chi connectivity index (χ3n) is 17.6. The van der Waals surface area contributed by atoms with Crippen molar-refractivity contribution in [3.63, 3.8) is 0 Å². The molecule has 5 heterocycles. The van der Waals surface area contributed by atoms with Gasteiger partial charge in [-0.25, -0.2) is 24.4 Å². The summed E-state index contributed by atoms with van der Waals surface area (Å²) < 4.78 is 5.59. The number of aliphatic imine (C=N–C) groups is 1. The molecule has 10 rings (SSSR count). The maximum Gasteiger partial charge on any atom is 0.412 e. The van der Waals surface area contributed by atoms with E-state index in [-0.39, 0.29) is 84.0 Å². The first-order valence-electron chi connectivity index (χ1n) is 35.7. The maximum absolute atomic E-state index is 14.0. The van der Waals surface area contributed by atoms with Gasteiger partial charge in [-0.05, 0) is 103 Å². The lowest BCUT2D eigenvalue weighted by Crippen LogP contribution is -2.58. The summed E-state index contributed by atoms with van der Waals surface area (Å²) in [6, 6.07) is 20.8. The summed E-state index contributed by atoms with van der Waals surface area (Å²) in [6.07, 6.45) is -2.40. The summed E-state index contributed by atoms with van der Waals surface area (Å²) in [4.78, 5) is 203. The van der Waals surface area contributed by atoms with Gasteiger partial charge in [-0.3, -0.25) is 62.7 Å². The molecule has 0 fully saturated rings. The van der Waals surface area contributed by atoms with Gasteiger partial charge < -0.3 is 105 Å². The van der Waals surface area contributed by atoms with Gasteiger partial charge in [0.05, 0.1) is 37.0 Å². The second-order valence-corrected chi connectivity index (χ2v) is 29.0. The highest BCUT2D eigenvalue weighted by Gasteiger charge is 2.38. The van der Waals surface area contributed by atoms with Gasteiger partial charge in [0.1, 0.15) is 47.3 Å². The number of aliphatic carboxylic acids is 4. The van der Waals surface area contributed by atoms with Crippen molar-refractivity contribution in [1.82, 2.24) is 61.8 Å². The molecular formula is C74H81ClN20O19S2. The number of carbonyl (C=O) groups is 13. The number of guanidine groups is 1. The summed E-state index contributed by atoms with van der Waals surface area (Å²) in [5, 5.41) is 63.9. The van der Waals surface area contributed by atoms with Crippen molar-refractivity contribution in [2.75, 3.05) is 64.1 Å². The minimum atomic E-state index is -1.88. The molecule has 22 N–H and O–H groups in total. The third-order valence-corrected chi connectivity index (χ3v) is 20.4. The number of rotatable bonds is 36. The number of carboxylic acids is 4. The van der Waals surface area contributed by atoms with Gasteiger partial charge in [-0.1, -0.05) is 59.7 Å². The fourth-order valence-electron chi connectivity index (χ4n) is 12.0. The lowest BCUT2D eigenvalue weighted by atomic mass is 9.95. The number of amides is 9. The Labute approximate surface area is 670 Å². The Hall–Kier alpha value is -13.6. The molecule has 0 bridgehead atoms. The molecule has 116 heavy (non-hydrogen) atoms. The Balaban J connectivity index is 0.000000279. The number of benzene rings is 5. The van der Waals surface area contributed by atoms with Gasteiger partial charge in [0.15, 0.2) is 17.1 Å². The zero-order valence-corrected chi connectivity index (χ0v) is 64.5. The van der Waals surface area contributed by atoms with E-state index in [0.717, 1.165) is 48.9 Å². The number of fused-ring (bicyclic) bond motifs is 6. The van der Waals surface area contributed by atoms with E-state index in [1.807, 2.05) is 43.3 Å². The van der Waals surface area contributed by atoms with E-state index >= 15 is 0 Å².